The van der Waals surface area contributed by atoms with Crippen LogP contribution in [0, 0.1) is 0 Å². The second-order valence-corrected chi connectivity index (χ2v) is 8.40. The first-order chi connectivity index (χ1) is 15.6. The molecule has 0 aliphatic heterocycles. The largest absolute Gasteiger partial charge is 0.481 e. The highest BCUT2D eigenvalue weighted by molar-refractivity contribution is 5.83. The van der Waals surface area contributed by atoms with Gasteiger partial charge in [0, 0.05) is 20.3 Å². The van der Waals surface area contributed by atoms with Crippen LogP contribution in [0.4, 0.5) is 0 Å². The molecule has 0 aromatic heterocycles. The number of hydrogen-bond acceptors (Lipinski definition) is 6. The van der Waals surface area contributed by atoms with Crippen molar-refractivity contribution in [2.75, 3.05) is 6.61 Å². The molecule has 0 bridgehead atoms. The first-order valence-electron chi connectivity index (χ1n) is 12.5. The van der Waals surface area contributed by atoms with Gasteiger partial charge in [0.1, 0.15) is 12.2 Å². The molecule has 5 N–H and O–H groups in total. The zero-order valence-electron chi connectivity index (χ0n) is 21.1. The predicted octanol–water partition coefficient (Wildman–Crippen LogP) is 4.71. The van der Waals surface area contributed by atoms with E-state index in [4.69, 9.17) is 24.9 Å². The van der Waals surface area contributed by atoms with Gasteiger partial charge in [-0.1, -0.05) is 96.8 Å². The summed E-state index contributed by atoms with van der Waals surface area (Å²) in [4.78, 5) is 29.6. The topological polar surface area (TPSA) is 152 Å². The molecule has 2 unspecified atom stereocenters. The Morgan fingerprint density at radius 1 is 0.606 bits per heavy atom. The van der Waals surface area contributed by atoms with E-state index in [-0.39, 0.29) is 12.2 Å². The molecule has 198 valence electrons. The minimum Gasteiger partial charge on any atom is -0.481 e. The summed E-state index contributed by atoms with van der Waals surface area (Å²) >= 11 is 0. The fraction of sp³-hybridized carbons (Fsp3) is 0.880. The van der Waals surface area contributed by atoms with E-state index in [2.05, 4.69) is 6.92 Å². The number of carboxylic acid groups (broad SMARTS) is 2. The highest BCUT2D eigenvalue weighted by Gasteiger charge is 2.22. The highest BCUT2D eigenvalue weighted by Crippen LogP contribution is 2.14. The molecule has 0 saturated carbocycles. The Bertz CT molecular complexity index is 434. The first kappa shape index (κ1) is 36.1. The van der Waals surface area contributed by atoms with E-state index in [0.717, 1.165) is 33.1 Å². The normalized spacial score (nSPS) is 11.9. The lowest BCUT2D eigenvalue weighted by atomic mass is 10.0. The number of unbranched alkanes of at least 4 members (excludes halogenated alkanes) is 14. The summed E-state index contributed by atoms with van der Waals surface area (Å²) in [6, 6.07) is 0. The van der Waals surface area contributed by atoms with Crippen LogP contribution < -0.4 is 0 Å². The van der Waals surface area contributed by atoms with Crippen LogP contribution in [0.3, 0.4) is 0 Å². The molecular formula is C25H50O8. The number of ketones is 1. The van der Waals surface area contributed by atoms with Crippen molar-refractivity contribution < 1.29 is 39.9 Å². The van der Waals surface area contributed by atoms with Crippen molar-refractivity contribution in [3.05, 3.63) is 0 Å². The lowest BCUT2D eigenvalue weighted by Crippen LogP contribution is -2.36. The van der Waals surface area contributed by atoms with Gasteiger partial charge in [0.05, 0.1) is 6.61 Å². The molecule has 0 saturated heterocycles. The molecule has 0 aromatic rings. The number of Topliss-reactive ketones (excluding diaryl/α,β-unsaturated/α-hetero) is 1. The van der Waals surface area contributed by atoms with Crippen LogP contribution in [0.2, 0.25) is 0 Å². The van der Waals surface area contributed by atoms with Crippen molar-refractivity contribution in [2.45, 2.75) is 136 Å². The number of carbonyl (C=O) groups excluding carboxylic acids is 1. The fourth-order valence-corrected chi connectivity index (χ4v) is 3.13. The van der Waals surface area contributed by atoms with Crippen LogP contribution in [-0.4, -0.2) is 62.1 Å². The molecule has 0 aromatic carbocycles. The van der Waals surface area contributed by atoms with Crippen molar-refractivity contribution in [3.8, 4) is 0 Å². The molecule has 0 rings (SSSR count). The van der Waals surface area contributed by atoms with E-state index in [1.165, 1.54) is 77.0 Å². The molecule has 0 spiro atoms. The van der Waals surface area contributed by atoms with E-state index in [0.29, 0.717) is 0 Å². The van der Waals surface area contributed by atoms with Crippen LogP contribution in [0.25, 0.3) is 0 Å². The Labute approximate surface area is 200 Å². The van der Waals surface area contributed by atoms with Crippen molar-refractivity contribution >= 4 is 17.7 Å². The van der Waals surface area contributed by atoms with Crippen LogP contribution >= 0.6 is 0 Å². The summed E-state index contributed by atoms with van der Waals surface area (Å²) in [6.07, 6.45) is 16.6. The number of aliphatic hydroxyl groups is 3. The molecule has 0 fully saturated rings. The maximum atomic E-state index is 11.6. The summed E-state index contributed by atoms with van der Waals surface area (Å²) in [5, 5.41) is 42.2. The van der Waals surface area contributed by atoms with Gasteiger partial charge in [-0.15, -0.1) is 0 Å². The maximum Gasteiger partial charge on any atom is 0.300 e. The molecule has 0 aliphatic rings. The van der Waals surface area contributed by atoms with Gasteiger partial charge >= 0.3 is 0 Å². The van der Waals surface area contributed by atoms with E-state index in [1.54, 1.807) is 0 Å². The zero-order valence-corrected chi connectivity index (χ0v) is 21.1. The monoisotopic (exact) mass is 478 g/mol. The Hall–Kier alpha value is -1.51. The second kappa shape index (κ2) is 28.5. The quantitative estimate of drug-likeness (QED) is 0.167. The van der Waals surface area contributed by atoms with Gasteiger partial charge in [0.25, 0.3) is 11.9 Å². The van der Waals surface area contributed by atoms with Crippen molar-refractivity contribution in [2.24, 2.45) is 0 Å². The molecule has 0 heterocycles. The third-order valence-corrected chi connectivity index (χ3v) is 4.91. The van der Waals surface area contributed by atoms with E-state index in [9.17, 15) is 15.0 Å². The van der Waals surface area contributed by atoms with Crippen molar-refractivity contribution in [1.82, 2.24) is 0 Å². The Morgan fingerprint density at radius 2 is 0.879 bits per heavy atom. The van der Waals surface area contributed by atoms with Gasteiger partial charge in [-0.2, -0.15) is 0 Å². The second-order valence-electron chi connectivity index (χ2n) is 8.40. The van der Waals surface area contributed by atoms with Gasteiger partial charge in [-0.25, -0.2) is 0 Å². The summed E-state index contributed by atoms with van der Waals surface area (Å²) in [5.41, 5.74) is 0. The van der Waals surface area contributed by atoms with Gasteiger partial charge < -0.3 is 25.5 Å². The van der Waals surface area contributed by atoms with Crippen LogP contribution in [0.5, 0.6) is 0 Å². The molecule has 8 heteroatoms. The molecule has 2 atom stereocenters. The number of hydrogen-bond donors (Lipinski definition) is 5. The van der Waals surface area contributed by atoms with Gasteiger partial charge in [-0.05, 0) is 6.42 Å². The number of aliphatic hydroxyl groups excluding tert-OH is 3. The van der Waals surface area contributed by atoms with E-state index < -0.39 is 30.8 Å². The molecular weight excluding hydrogens is 428 g/mol. The maximum absolute atomic E-state index is 11.6. The van der Waals surface area contributed by atoms with Crippen molar-refractivity contribution in [1.29, 1.82) is 0 Å². The average Bonchev–Trinajstić information content (AvgIpc) is 2.74. The SMILES string of the molecule is CC(=O)O.CC(=O)O.CCCCCCCCCCCCCCCCCC(=O)C(O)C(O)CO. The van der Waals surface area contributed by atoms with Crippen LogP contribution in [-0.2, 0) is 14.4 Å². The lowest BCUT2D eigenvalue weighted by Gasteiger charge is -2.13. The Kier molecular flexibility index (Phi) is 31.2. The van der Waals surface area contributed by atoms with Crippen LogP contribution in [0.15, 0.2) is 0 Å². The molecule has 0 amide bonds. The summed E-state index contributed by atoms with van der Waals surface area (Å²) in [5.74, 6) is -2.03. The molecule has 33 heavy (non-hydrogen) atoms. The average molecular weight is 479 g/mol. The summed E-state index contributed by atoms with van der Waals surface area (Å²) in [6.45, 7) is 3.85. The highest BCUT2D eigenvalue weighted by atomic mass is 16.4. The fourth-order valence-electron chi connectivity index (χ4n) is 3.13. The number of carboxylic acids is 2. The van der Waals surface area contributed by atoms with Crippen LogP contribution in [0.1, 0.15) is 124 Å². The van der Waals surface area contributed by atoms with Gasteiger partial charge in [-0.3, -0.25) is 14.4 Å². The molecule has 0 aliphatic carbocycles. The summed E-state index contributed by atoms with van der Waals surface area (Å²) < 4.78 is 0. The number of aliphatic carboxylic acids is 2. The lowest BCUT2D eigenvalue weighted by molar-refractivity contribution is -0.135. The van der Waals surface area contributed by atoms with E-state index >= 15 is 0 Å². The zero-order chi connectivity index (χ0) is 25.9. The molecule has 8 nitrogen and oxygen atoms in total. The Balaban J connectivity index is -0.000000962. The van der Waals surface area contributed by atoms with Gasteiger partial charge in [0.2, 0.25) is 0 Å². The first-order valence-corrected chi connectivity index (χ1v) is 12.5. The van der Waals surface area contributed by atoms with Gasteiger partial charge in [0.15, 0.2) is 5.78 Å². The predicted molar refractivity (Wildman–Crippen MR) is 130 cm³/mol. The number of rotatable bonds is 19. The van der Waals surface area contributed by atoms with Crippen molar-refractivity contribution in [3.63, 3.8) is 0 Å². The standard InChI is InChI=1S/C21H42O4.2C2H4O2/c1-2-3-4-5-6-7-8-9-10-11-12-13-14-15-16-17-19(23)21(25)20(24)18-22;2*1-2(3)4/h20-22,24-25H,2-18H2,1H3;2*1H3,(H,3,4). The third kappa shape index (κ3) is 38.1. The minimum atomic E-state index is -1.43. The minimum absolute atomic E-state index is 0.288. The molecule has 0 radical (unpaired) electrons. The van der Waals surface area contributed by atoms with E-state index in [1.807, 2.05) is 0 Å². The smallest absolute Gasteiger partial charge is 0.300 e. The Morgan fingerprint density at radius 3 is 1.15 bits per heavy atom. The number of carbonyl (C=O) groups is 3. The summed E-state index contributed by atoms with van der Waals surface area (Å²) in [7, 11) is 0. The third-order valence-electron chi connectivity index (χ3n) is 4.91.